The lowest BCUT2D eigenvalue weighted by Crippen LogP contribution is -2.24. The van der Waals surface area contributed by atoms with Crippen molar-refractivity contribution in [2.75, 3.05) is 13.2 Å². The quantitative estimate of drug-likeness (QED) is 0.621. The molecule has 1 aliphatic carbocycles. The van der Waals surface area contributed by atoms with Gasteiger partial charge < -0.3 is 9.84 Å². The van der Waals surface area contributed by atoms with Gasteiger partial charge in [0.15, 0.2) is 0 Å². The summed E-state index contributed by atoms with van der Waals surface area (Å²) in [5.74, 6) is 0. The maximum Gasteiger partial charge on any atom is 0.0654 e. The van der Waals surface area contributed by atoms with Crippen LogP contribution in [-0.4, -0.2) is 24.4 Å². The molecule has 2 heteroatoms. The number of hydrogen-bond donors (Lipinski definition) is 1. The average molecular weight is 142 g/mol. The van der Waals surface area contributed by atoms with E-state index in [9.17, 15) is 0 Å². The molecule has 0 amide bonds. The van der Waals surface area contributed by atoms with Gasteiger partial charge in [-0.3, -0.25) is 0 Å². The molecule has 0 aromatic carbocycles. The van der Waals surface area contributed by atoms with E-state index in [2.05, 4.69) is 0 Å². The molecule has 2 rings (SSSR count). The van der Waals surface area contributed by atoms with Crippen LogP contribution in [0.1, 0.15) is 25.7 Å². The Bertz CT molecular complexity index is 123. The van der Waals surface area contributed by atoms with Crippen LogP contribution < -0.4 is 0 Å². The predicted molar refractivity (Wildman–Crippen MR) is 37.7 cm³/mol. The Kier molecular flexibility index (Phi) is 1.46. The lowest BCUT2D eigenvalue weighted by molar-refractivity contribution is 0.0231. The first-order valence-corrected chi connectivity index (χ1v) is 4.10. The van der Waals surface area contributed by atoms with Crippen LogP contribution in [0.25, 0.3) is 0 Å². The van der Waals surface area contributed by atoms with E-state index in [0.717, 1.165) is 6.61 Å². The standard InChI is InChI=1S/C8H14O2/c9-6-8(3-4-8)7-2-1-5-10-7/h7,9H,1-6H2. The first kappa shape index (κ1) is 6.62. The molecule has 10 heavy (non-hydrogen) atoms. The van der Waals surface area contributed by atoms with Crippen molar-refractivity contribution in [1.82, 2.24) is 0 Å². The van der Waals surface area contributed by atoms with Crippen LogP contribution in [0, 0.1) is 5.41 Å². The summed E-state index contributed by atoms with van der Waals surface area (Å²) in [6, 6.07) is 0. The van der Waals surface area contributed by atoms with Gasteiger partial charge >= 0.3 is 0 Å². The minimum Gasteiger partial charge on any atom is -0.396 e. The van der Waals surface area contributed by atoms with Crippen LogP contribution in [0.5, 0.6) is 0 Å². The molecule has 1 unspecified atom stereocenters. The van der Waals surface area contributed by atoms with E-state index < -0.39 is 0 Å². The Labute approximate surface area is 61.2 Å². The van der Waals surface area contributed by atoms with E-state index in [1.165, 1.54) is 25.7 Å². The highest BCUT2D eigenvalue weighted by atomic mass is 16.5. The third-order valence-electron chi connectivity index (χ3n) is 2.82. The van der Waals surface area contributed by atoms with Gasteiger partial charge in [-0.05, 0) is 25.7 Å². The fourth-order valence-corrected chi connectivity index (χ4v) is 1.80. The van der Waals surface area contributed by atoms with Crippen LogP contribution in [0.3, 0.4) is 0 Å². The molecule has 1 N–H and O–H groups in total. The summed E-state index contributed by atoms with van der Waals surface area (Å²) in [4.78, 5) is 0. The molecule has 0 bridgehead atoms. The zero-order valence-electron chi connectivity index (χ0n) is 6.18. The third-order valence-corrected chi connectivity index (χ3v) is 2.82. The number of hydrogen-bond acceptors (Lipinski definition) is 2. The SMILES string of the molecule is OCC1(C2CCCO2)CC1. The van der Waals surface area contributed by atoms with Crippen molar-refractivity contribution in [1.29, 1.82) is 0 Å². The van der Waals surface area contributed by atoms with Crippen LogP contribution in [-0.2, 0) is 4.74 Å². The van der Waals surface area contributed by atoms with Crippen molar-refractivity contribution in [3.63, 3.8) is 0 Å². The van der Waals surface area contributed by atoms with E-state index >= 15 is 0 Å². The summed E-state index contributed by atoms with van der Waals surface area (Å²) in [5, 5.41) is 9.04. The third kappa shape index (κ3) is 0.867. The maximum atomic E-state index is 9.04. The number of ether oxygens (including phenoxy) is 1. The summed E-state index contributed by atoms with van der Waals surface area (Å²) in [7, 11) is 0. The van der Waals surface area contributed by atoms with Crippen molar-refractivity contribution in [3.05, 3.63) is 0 Å². The smallest absolute Gasteiger partial charge is 0.0654 e. The number of rotatable bonds is 2. The van der Waals surface area contributed by atoms with Gasteiger partial charge in [-0.15, -0.1) is 0 Å². The monoisotopic (exact) mass is 142 g/mol. The van der Waals surface area contributed by atoms with Gasteiger partial charge in [-0.1, -0.05) is 0 Å². The van der Waals surface area contributed by atoms with E-state index in [-0.39, 0.29) is 5.41 Å². The van der Waals surface area contributed by atoms with E-state index in [0.29, 0.717) is 12.7 Å². The van der Waals surface area contributed by atoms with Gasteiger partial charge in [-0.2, -0.15) is 0 Å². The molecular formula is C8H14O2. The Balaban J connectivity index is 1.96. The van der Waals surface area contributed by atoms with Crippen molar-refractivity contribution >= 4 is 0 Å². The molecule has 1 saturated carbocycles. The van der Waals surface area contributed by atoms with Crippen molar-refractivity contribution in [2.24, 2.45) is 5.41 Å². The number of aliphatic hydroxyl groups is 1. The molecule has 1 atom stereocenters. The molecule has 1 aliphatic heterocycles. The zero-order valence-corrected chi connectivity index (χ0v) is 6.18. The molecule has 2 aliphatic rings. The summed E-state index contributed by atoms with van der Waals surface area (Å²) >= 11 is 0. The van der Waals surface area contributed by atoms with E-state index in [4.69, 9.17) is 9.84 Å². The van der Waals surface area contributed by atoms with Gasteiger partial charge in [-0.25, -0.2) is 0 Å². The molecule has 1 heterocycles. The molecule has 1 saturated heterocycles. The summed E-state index contributed by atoms with van der Waals surface area (Å²) < 4.78 is 5.51. The maximum absolute atomic E-state index is 9.04. The molecule has 0 spiro atoms. The molecule has 58 valence electrons. The highest BCUT2D eigenvalue weighted by Gasteiger charge is 2.50. The van der Waals surface area contributed by atoms with Gasteiger partial charge in [0.2, 0.25) is 0 Å². The van der Waals surface area contributed by atoms with Crippen molar-refractivity contribution in [3.8, 4) is 0 Å². The molecule has 0 aromatic heterocycles. The topological polar surface area (TPSA) is 29.5 Å². The molecule has 0 radical (unpaired) electrons. The number of aliphatic hydroxyl groups excluding tert-OH is 1. The summed E-state index contributed by atoms with van der Waals surface area (Å²) in [6.07, 6.45) is 5.09. The highest BCUT2D eigenvalue weighted by molar-refractivity contribution is 5.00. The van der Waals surface area contributed by atoms with Gasteiger partial charge in [0.05, 0.1) is 12.7 Å². The first-order chi connectivity index (χ1) is 4.87. The van der Waals surface area contributed by atoms with Crippen LogP contribution in [0.2, 0.25) is 0 Å². The Morgan fingerprint density at radius 3 is 2.70 bits per heavy atom. The summed E-state index contributed by atoms with van der Waals surface area (Å²) in [6.45, 7) is 1.24. The molecule has 0 aromatic rings. The zero-order chi connectivity index (χ0) is 7.03. The highest BCUT2D eigenvalue weighted by Crippen LogP contribution is 2.51. The lowest BCUT2D eigenvalue weighted by atomic mass is 9.98. The molecule has 2 nitrogen and oxygen atoms in total. The second kappa shape index (κ2) is 2.21. The van der Waals surface area contributed by atoms with Gasteiger partial charge in [0, 0.05) is 12.0 Å². The Morgan fingerprint density at radius 2 is 2.30 bits per heavy atom. The van der Waals surface area contributed by atoms with E-state index in [1.807, 2.05) is 0 Å². The fraction of sp³-hybridized carbons (Fsp3) is 1.00. The molecular weight excluding hydrogens is 128 g/mol. The Morgan fingerprint density at radius 1 is 1.50 bits per heavy atom. The Hall–Kier alpha value is -0.0800. The van der Waals surface area contributed by atoms with Crippen molar-refractivity contribution < 1.29 is 9.84 Å². The summed E-state index contributed by atoms with van der Waals surface area (Å²) in [5.41, 5.74) is 0.205. The van der Waals surface area contributed by atoms with Crippen LogP contribution in [0.4, 0.5) is 0 Å². The normalized spacial score (nSPS) is 36.3. The molecule has 2 fully saturated rings. The fourth-order valence-electron chi connectivity index (χ4n) is 1.80. The average Bonchev–Trinajstić information content (AvgIpc) is 2.58. The second-order valence-corrected chi connectivity index (χ2v) is 3.52. The van der Waals surface area contributed by atoms with Crippen molar-refractivity contribution in [2.45, 2.75) is 31.8 Å². The second-order valence-electron chi connectivity index (χ2n) is 3.52. The van der Waals surface area contributed by atoms with Crippen LogP contribution >= 0.6 is 0 Å². The minimum absolute atomic E-state index is 0.205. The predicted octanol–water partition coefficient (Wildman–Crippen LogP) is 0.938. The minimum atomic E-state index is 0.205. The first-order valence-electron chi connectivity index (χ1n) is 4.10. The van der Waals surface area contributed by atoms with Gasteiger partial charge in [0.1, 0.15) is 0 Å². The largest absolute Gasteiger partial charge is 0.396 e. The lowest BCUT2D eigenvalue weighted by Gasteiger charge is -2.18. The van der Waals surface area contributed by atoms with E-state index in [1.54, 1.807) is 0 Å². The van der Waals surface area contributed by atoms with Gasteiger partial charge in [0.25, 0.3) is 0 Å². The van der Waals surface area contributed by atoms with Crippen LogP contribution in [0.15, 0.2) is 0 Å².